The van der Waals surface area contributed by atoms with E-state index in [1.165, 1.54) is 12.1 Å². The van der Waals surface area contributed by atoms with Crippen LogP contribution in [0, 0.1) is 10.1 Å². The largest absolute Gasteiger partial charge is 0.303 e. The topological polar surface area (TPSA) is 60.2 Å². The van der Waals surface area contributed by atoms with Crippen molar-refractivity contribution in [3.05, 3.63) is 38.9 Å². The van der Waals surface area contributed by atoms with Crippen LogP contribution in [0.25, 0.3) is 0 Å². The molecule has 0 aromatic heterocycles. The SMILES string of the molecule is CC(C=O)c1cccc([N+](=O)[O-])c1Cl. The molecule has 0 saturated carbocycles. The van der Waals surface area contributed by atoms with Gasteiger partial charge in [-0.3, -0.25) is 10.1 Å². The summed E-state index contributed by atoms with van der Waals surface area (Å²) in [6, 6.07) is 4.43. The fourth-order valence-corrected chi connectivity index (χ4v) is 1.47. The van der Waals surface area contributed by atoms with E-state index >= 15 is 0 Å². The second-order valence-electron chi connectivity index (χ2n) is 2.86. The van der Waals surface area contributed by atoms with Gasteiger partial charge in [0, 0.05) is 12.0 Å². The summed E-state index contributed by atoms with van der Waals surface area (Å²) >= 11 is 5.78. The van der Waals surface area contributed by atoms with Gasteiger partial charge in [0.15, 0.2) is 0 Å². The summed E-state index contributed by atoms with van der Waals surface area (Å²) in [7, 11) is 0. The molecule has 1 aromatic rings. The van der Waals surface area contributed by atoms with Crippen LogP contribution in [-0.4, -0.2) is 11.2 Å². The van der Waals surface area contributed by atoms with Crippen LogP contribution in [0.1, 0.15) is 18.4 Å². The lowest BCUT2D eigenvalue weighted by Gasteiger charge is -2.06. The van der Waals surface area contributed by atoms with Gasteiger partial charge in [-0.1, -0.05) is 30.7 Å². The van der Waals surface area contributed by atoms with Crippen LogP contribution in [0.3, 0.4) is 0 Å². The molecular weight excluding hydrogens is 206 g/mol. The Morgan fingerprint density at radius 2 is 2.21 bits per heavy atom. The first-order valence-electron chi connectivity index (χ1n) is 3.96. The zero-order valence-corrected chi connectivity index (χ0v) is 8.19. The number of carbonyl (C=O) groups excluding carboxylic acids is 1. The maximum atomic E-state index is 10.5. The molecule has 0 amide bonds. The van der Waals surface area contributed by atoms with Gasteiger partial charge in [-0.15, -0.1) is 0 Å². The monoisotopic (exact) mass is 213 g/mol. The quantitative estimate of drug-likeness (QED) is 0.440. The molecule has 0 saturated heterocycles. The Hall–Kier alpha value is -1.42. The third-order valence-electron chi connectivity index (χ3n) is 1.90. The molecule has 0 fully saturated rings. The Balaban J connectivity index is 3.26. The third kappa shape index (κ3) is 1.90. The molecule has 0 radical (unpaired) electrons. The van der Waals surface area contributed by atoms with Gasteiger partial charge in [-0.25, -0.2) is 0 Å². The summed E-state index contributed by atoms with van der Waals surface area (Å²) in [5.74, 6) is -0.428. The molecule has 14 heavy (non-hydrogen) atoms. The van der Waals surface area contributed by atoms with E-state index in [0.29, 0.717) is 11.8 Å². The highest BCUT2D eigenvalue weighted by molar-refractivity contribution is 6.33. The molecule has 0 aliphatic heterocycles. The first-order valence-corrected chi connectivity index (χ1v) is 4.33. The highest BCUT2D eigenvalue weighted by Gasteiger charge is 2.18. The van der Waals surface area contributed by atoms with Crippen molar-refractivity contribution in [1.29, 1.82) is 0 Å². The van der Waals surface area contributed by atoms with Crippen LogP contribution in [0.15, 0.2) is 18.2 Å². The van der Waals surface area contributed by atoms with E-state index in [2.05, 4.69) is 0 Å². The van der Waals surface area contributed by atoms with E-state index in [1.807, 2.05) is 0 Å². The Kier molecular flexibility index (Phi) is 3.19. The standard InChI is InChI=1S/C9H8ClNO3/c1-6(5-12)7-3-2-4-8(9(7)10)11(13)14/h2-6H,1H3. The molecule has 0 aliphatic rings. The van der Waals surface area contributed by atoms with Crippen LogP contribution in [0.4, 0.5) is 5.69 Å². The summed E-state index contributed by atoms with van der Waals surface area (Å²) in [6.45, 7) is 1.64. The van der Waals surface area contributed by atoms with Crippen LogP contribution in [0.5, 0.6) is 0 Å². The Labute approximate surface area is 85.6 Å². The highest BCUT2D eigenvalue weighted by atomic mass is 35.5. The van der Waals surface area contributed by atoms with E-state index < -0.39 is 10.8 Å². The van der Waals surface area contributed by atoms with Crippen LogP contribution >= 0.6 is 11.6 Å². The molecule has 0 heterocycles. The van der Waals surface area contributed by atoms with Gasteiger partial charge in [-0.2, -0.15) is 0 Å². The van der Waals surface area contributed by atoms with E-state index in [1.54, 1.807) is 13.0 Å². The van der Waals surface area contributed by atoms with Gasteiger partial charge < -0.3 is 4.79 Å². The maximum absolute atomic E-state index is 10.5. The average Bonchev–Trinajstić information content (AvgIpc) is 2.16. The second kappa shape index (κ2) is 4.19. The maximum Gasteiger partial charge on any atom is 0.288 e. The molecule has 74 valence electrons. The van der Waals surface area contributed by atoms with E-state index in [-0.39, 0.29) is 10.7 Å². The van der Waals surface area contributed by atoms with Crippen molar-refractivity contribution in [2.75, 3.05) is 0 Å². The first-order chi connectivity index (χ1) is 6.57. The number of nitro groups is 1. The third-order valence-corrected chi connectivity index (χ3v) is 2.31. The molecule has 0 N–H and O–H groups in total. The van der Waals surface area contributed by atoms with Crippen molar-refractivity contribution in [1.82, 2.24) is 0 Å². The summed E-state index contributed by atoms with van der Waals surface area (Å²) in [4.78, 5) is 20.5. The number of aldehydes is 1. The first kappa shape index (κ1) is 10.7. The normalized spacial score (nSPS) is 12.1. The number of nitrogens with zero attached hydrogens (tertiary/aromatic N) is 1. The minimum atomic E-state index is -0.566. The number of benzene rings is 1. The average molecular weight is 214 g/mol. The number of hydrogen-bond acceptors (Lipinski definition) is 3. The summed E-state index contributed by atoms with van der Waals surface area (Å²) in [5, 5.41) is 10.6. The number of hydrogen-bond donors (Lipinski definition) is 0. The zero-order chi connectivity index (χ0) is 10.7. The van der Waals surface area contributed by atoms with E-state index in [0.717, 1.165) is 0 Å². The molecule has 1 aromatic carbocycles. The molecule has 1 atom stereocenters. The van der Waals surface area contributed by atoms with Crippen LogP contribution in [-0.2, 0) is 4.79 Å². The molecule has 4 nitrogen and oxygen atoms in total. The lowest BCUT2D eigenvalue weighted by atomic mass is 10.0. The fraction of sp³-hybridized carbons (Fsp3) is 0.222. The van der Waals surface area contributed by atoms with Crippen molar-refractivity contribution in [3.8, 4) is 0 Å². The van der Waals surface area contributed by atoms with E-state index in [4.69, 9.17) is 11.6 Å². The minimum absolute atomic E-state index is 0.0390. The van der Waals surface area contributed by atoms with Crippen molar-refractivity contribution < 1.29 is 9.72 Å². The molecule has 5 heteroatoms. The second-order valence-corrected chi connectivity index (χ2v) is 3.24. The smallest absolute Gasteiger partial charge is 0.288 e. The Bertz CT molecular complexity index is 378. The van der Waals surface area contributed by atoms with E-state index in [9.17, 15) is 14.9 Å². The highest BCUT2D eigenvalue weighted by Crippen LogP contribution is 2.31. The molecule has 0 aliphatic carbocycles. The van der Waals surface area contributed by atoms with Gasteiger partial charge in [0.25, 0.3) is 5.69 Å². The summed E-state index contributed by atoms with van der Waals surface area (Å²) in [6.07, 6.45) is 0.699. The number of rotatable bonds is 3. The van der Waals surface area contributed by atoms with Crippen molar-refractivity contribution in [2.24, 2.45) is 0 Å². The lowest BCUT2D eigenvalue weighted by Crippen LogP contribution is -1.98. The zero-order valence-electron chi connectivity index (χ0n) is 7.44. The minimum Gasteiger partial charge on any atom is -0.303 e. The summed E-state index contributed by atoms with van der Waals surface area (Å²) < 4.78 is 0. The lowest BCUT2D eigenvalue weighted by molar-refractivity contribution is -0.384. The van der Waals surface area contributed by atoms with Gasteiger partial charge >= 0.3 is 0 Å². The van der Waals surface area contributed by atoms with Crippen molar-refractivity contribution in [2.45, 2.75) is 12.8 Å². The van der Waals surface area contributed by atoms with Gasteiger partial charge in [0.1, 0.15) is 11.3 Å². The molecule has 1 rings (SSSR count). The fourth-order valence-electron chi connectivity index (χ4n) is 1.10. The van der Waals surface area contributed by atoms with Crippen LogP contribution in [0.2, 0.25) is 5.02 Å². The number of nitro benzene ring substituents is 1. The predicted molar refractivity (Wildman–Crippen MR) is 52.6 cm³/mol. The van der Waals surface area contributed by atoms with Crippen LogP contribution < -0.4 is 0 Å². The Morgan fingerprint density at radius 3 is 2.71 bits per heavy atom. The summed E-state index contributed by atoms with van der Waals surface area (Å²) in [5.41, 5.74) is 0.314. The van der Waals surface area contributed by atoms with Gasteiger partial charge in [-0.05, 0) is 5.56 Å². The van der Waals surface area contributed by atoms with Gasteiger partial charge in [0.2, 0.25) is 0 Å². The molecule has 1 unspecified atom stereocenters. The van der Waals surface area contributed by atoms with Crippen molar-refractivity contribution in [3.63, 3.8) is 0 Å². The Morgan fingerprint density at radius 1 is 1.57 bits per heavy atom. The molecule has 0 spiro atoms. The number of halogens is 1. The number of carbonyl (C=O) groups is 1. The van der Waals surface area contributed by atoms with Gasteiger partial charge in [0.05, 0.1) is 4.92 Å². The van der Waals surface area contributed by atoms with Crippen molar-refractivity contribution >= 4 is 23.6 Å². The molecule has 0 bridgehead atoms. The predicted octanol–water partition coefficient (Wildman–Crippen LogP) is 2.55. The molecular formula is C9H8ClNO3.